The summed E-state index contributed by atoms with van der Waals surface area (Å²) in [6.07, 6.45) is 1.79. The van der Waals surface area contributed by atoms with Crippen LogP contribution in [0.1, 0.15) is 51.1 Å². The third kappa shape index (κ3) is 6.76. The first kappa shape index (κ1) is 36.5. The molecule has 4 heterocycles. The predicted octanol–water partition coefficient (Wildman–Crippen LogP) is 7.93. The maximum atomic E-state index is 16.4. The lowest BCUT2D eigenvalue weighted by molar-refractivity contribution is 0.0406. The minimum atomic E-state index is -2.85. The molecular weight excluding hydrogens is 740 g/mol. The molecule has 3 fully saturated rings. The molecule has 3 aromatic carbocycles. The summed E-state index contributed by atoms with van der Waals surface area (Å²) in [7, 11) is -2.85. The largest absolute Gasteiger partial charge is 0.400 e. The van der Waals surface area contributed by atoms with Crippen LogP contribution < -0.4 is 15.7 Å². The lowest BCUT2D eigenvalue weighted by atomic mass is 9.86. The van der Waals surface area contributed by atoms with Crippen LogP contribution in [0.5, 0.6) is 0 Å². The van der Waals surface area contributed by atoms with Crippen molar-refractivity contribution in [3.8, 4) is 0 Å². The Hall–Kier alpha value is -3.52. The Bertz CT molecular complexity index is 2060. The Balaban J connectivity index is 1.01. The molecule has 1 N–H and O–H groups in total. The molecule has 278 valence electrons. The Morgan fingerprint density at radius 3 is 2.28 bits per heavy atom. The molecule has 8 nitrogen and oxygen atoms in total. The molecule has 1 saturated carbocycles. The summed E-state index contributed by atoms with van der Waals surface area (Å²) in [5.41, 5.74) is 1.56. The van der Waals surface area contributed by atoms with E-state index in [1.165, 1.54) is 16.6 Å². The van der Waals surface area contributed by atoms with Crippen molar-refractivity contribution in [2.45, 2.75) is 74.9 Å². The van der Waals surface area contributed by atoms with Gasteiger partial charge in [0.2, 0.25) is 5.95 Å². The molecule has 5 aromatic rings. The fraction of sp³-hybridized carbons (Fsp3) is 0.410. The van der Waals surface area contributed by atoms with E-state index in [0.717, 1.165) is 4.68 Å². The molecule has 5 atom stereocenters. The highest BCUT2D eigenvalue weighted by Gasteiger charge is 2.60. The van der Waals surface area contributed by atoms with E-state index < -0.39 is 32.4 Å². The molecule has 14 heteroatoms. The van der Waals surface area contributed by atoms with Crippen molar-refractivity contribution in [3.05, 3.63) is 101 Å². The normalized spacial score (nSPS) is 24.8. The topological polar surface area (TPSA) is 77.3 Å². The monoisotopic (exact) mass is 780 g/mol. The molecule has 0 spiro atoms. The zero-order valence-corrected chi connectivity index (χ0v) is 32.2. The molecular formula is C39H41Cl2F3N6O2Si. The van der Waals surface area contributed by atoms with Gasteiger partial charge in [0, 0.05) is 35.5 Å². The second-order valence-electron chi connectivity index (χ2n) is 15.4. The molecule has 2 aliphatic heterocycles. The smallest absolute Gasteiger partial charge is 0.272 e. The molecule has 3 aliphatic rings. The van der Waals surface area contributed by atoms with Gasteiger partial charge in [-0.1, -0.05) is 105 Å². The number of hydrogen-bond acceptors (Lipinski definition) is 7. The first-order valence-corrected chi connectivity index (χ1v) is 20.6. The van der Waals surface area contributed by atoms with Gasteiger partial charge < -0.3 is 14.5 Å². The SMILES string of the molecule is CC(C)(C)[Si](OC1COCC1N1CCC(c2cc3nc(Nc4cnn(C5CC5(F)F)c4Cl)ncc3cc2Cl)C(F)C1)(c1ccccc1)c1ccccc1. The number of rotatable bonds is 9. The Labute approximate surface area is 317 Å². The van der Waals surface area contributed by atoms with Gasteiger partial charge in [-0.25, -0.2) is 27.8 Å². The summed E-state index contributed by atoms with van der Waals surface area (Å²) in [5.74, 6) is -3.06. The lowest BCUT2D eigenvalue weighted by Crippen LogP contribution is -2.69. The number of likely N-dealkylation sites (tertiary alicyclic amines) is 1. The fourth-order valence-corrected chi connectivity index (χ4v) is 13.4. The molecule has 53 heavy (non-hydrogen) atoms. The van der Waals surface area contributed by atoms with E-state index in [4.69, 9.17) is 32.4 Å². The highest BCUT2D eigenvalue weighted by Crippen LogP contribution is 2.53. The molecule has 2 saturated heterocycles. The zero-order valence-electron chi connectivity index (χ0n) is 29.7. The van der Waals surface area contributed by atoms with E-state index in [-0.39, 0.29) is 41.3 Å². The van der Waals surface area contributed by atoms with Crippen LogP contribution in [0.3, 0.4) is 0 Å². The number of fused-ring (bicyclic) bond motifs is 1. The van der Waals surface area contributed by atoms with Crippen molar-refractivity contribution in [1.82, 2.24) is 24.6 Å². The average Bonchev–Trinajstić information content (AvgIpc) is 3.40. The number of halogens is 5. The second-order valence-corrected chi connectivity index (χ2v) is 20.4. The summed E-state index contributed by atoms with van der Waals surface area (Å²) >= 11 is 13.2. The second kappa shape index (κ2) is 14.0. The number of nitrogens with zero attached hydrogens (tertiary/aromatic N) is 5. The minimum Gasteiger partial charge on any atom is -0.400 e. The highest BCUT2D eigenvalue weighted by atomic mass is 35.5. The number of hydrogen-bond donors (Lipinski definition) is 1. The van der Waals surface area contributed by atoms with Gasteiger partial charge in [-0.15, -0.1) is 0 Å². The van der Waals surface area contributed by atoms with Gasteiger partial charge >= 0.3 is 0 Å². The van der Waals surface area contributed by atoms with Crippen molar-refractivity contribution in [3.63, 3.8) is 0 Å². The number of ether oxygens (including phenoxy) is 1. The number of aromatic nitrogens is 4. The quantitative estimate of drug-likeness (QED) is 0.152. The van der Waals surface area contributed by atoms with E-state index in [1.807, 2.05) is 18.2 Å². The molecule has 0 radical (unpaired) electrons. The van der Waals surface area contributed by atoms with Crippen LogP contribution in [0, 0.1) is 0 Å². The summed E-state index contributed by atoms with van der Waals surface area (Å²) in [6.45, 7) is 8.54. The molecule has 2 aromatic heterocycles. The maximum Gasteiger partial charge on any atom is 0.272 e. The summed E-state index contributed by atoms with van der Waals surface area (Å²) in [4.78, 5) is 11.2. The van der Waals surface area contributed by atoms with Gasteiger partial charge in [-0.2, -0.15) is 5.10 Å². The van der Waals surface area contributed by atoms with Crippen LogP contribution in [0.2, 0.25) is 15.2 Å². The number of anilines is 2. The van der Waals surface area contributed by atoms with Crippen LogP contribution >= 0.6 is 23.2 Å². The van der Waals surface area contributed by atoms with E-state index in [9.17, 15) is 8.78 Å². The van der Waals surface area contributed by atoms with Crippen molar-refractivity contribution in [2.24, 2.45) is 0 Å². The highest BCUT2D eigenvalue weighted by molar-refractivity contribution is 6.99. The van der Waals surface area contributed by atoms with E-state index in [1.54, 1.807) is 12.3 Å². The maximum absolute atomic E-state index is 16.4. The van der Waals surface area contributed by atoms with Crippen LogP contribution in [0.4, 0.5) is 24.8 Å². The van der Waals surface area contributed by atoms with Crippen molar-refractivity contribution in [1.29, 1.82) is 0 Å². The van der Waals surface area contributed by atoms with Crippen LogP contribution in [0.25, 0.3) is 10.9 Å². The Morgan fingerprint density at radius 1 is 0.981 bits per heavy atom. The van der Waals surface area contributed by atoms with Gasteiger partial charge in [-0.3, -0.25) is 4.90 Å². The summed E-state index contributed by atoms with van der Waals surface area (Å²) in [5, 5.41) is 10.4. The summed E-state index contributed by atoms with van der Waals surface area (Å²) < 4.78 is 58.4. The van der Waals surface area contributed by atoms with Crippen molar-refractivity contribution < 1.29 is 22.3 Å². The average molecular weight is 782 g/mol. The first-order valence-electron chi connectivity index (χ1n) is 17.9. The van der Waals surface area contributed by atoms with E-state index in [0.29, 0.717) is 53.4 Å². The minimum absolute atomic E-state index is 0.0478. The van der Waals surface area contributed by atoms with Gasteiger partial charge in [0.1, 0.15) is 12.2 Å². The summed E-state index contributed by atoms with van der Waals surface area (Å²) in [6, 6.07) is 23.5. The molecule has 5 unspecified atom stereocenters. The zero-order chi connectivity index (χ0) is 37.1. The standard InChI is InChI=1S/C39H41Cl2F3N6O2Si/c1-38(2,3)53(25-10-6-4-7-11-25,26-12-8-5-9-13-26)52-34-23-51-22-33(34)49-15-14-27(30(42)21-49)28-17-31-24(16-29(28)40)19-45-37(47-31)48-32-20-46-50(36(32)41)35-18-39(35,43)44/h4-13,16-17,19-20,27,30,33-35H,14-15,18,21-23H2,1-3H3,(H,45,47,48). The van der Waals surface area contributed by atoms with E-state index in [2.05, 4.69) is 94.6 Å². The van der Waals surface area contributed by atoms with Crippen molar-refractivity contribution in [2.75, 3.05) is 31.6 Å². The number of nitrogens with one attached hydrogen (secondary N) is 1. The third-order valence-corrected chi connectivity index (χ3v) is 16.7. The van der Waals surface area contributed by atoms with Gasteiger partial charge in [0.05, 0.1) is 42.8 Å². The van der Waals surface area contributed by atoms with Gasteiger partial charge in [0.15, 0.2) is 5.15 Å². The molecule has 8 rings (SSSR count). The Morgan fingerprint density at radius 2 is 1.66 bits per heavy atom. The third-order valence-electron chi connectivity index (χ3n) is 11.0. The van der Waals surface area contributed by atoms with E-state index >= 15 is 4.39 Å². The van der Waals surface area contributed by atoms with Crippen LogP contribution in [0.15, 0.2) is 85.2 Å². The fourth-order valence-electron chi connectivity index (χ4n) is 8.12. The number of piperidine rings is 1. The van der Waals surface area contributed by atoms with Crippen molar-refractivity contribution >= 4 is 64.4 Å². The molecule has 0 bridgehead atoms. The lowest BCUT2D eigenvalue weighted by Gasteiger charge is -2.47. The molecule has 0 amide bonds. The van der Waals surface area contributed by atoms with Crippen LogP contribution in [-0.2, 0) is 9.16 Å². The van der Waals surface area contributed by atoms with Gasteiger partial charge in [-0.05, 0) is 46.1 Å². The Kier molecular flexibility index (Phi) is 9.60. The predicted molar refractivity (Wildman–Crippen MR) is 205 cm³/mol. The van der Waals surface area contributed by atoms with Crippen LogP contribution in [-0.4, -0.2) is 83.5 Å². The molecule has 1 aliphatic carbocycles. The number of alkyl halides is 3. The number of benzene rings is 3. The first-order chi connectivity index (χ1) is 25.4. The van der Waals surface area contributed by atoms with Gasteiger partial charge in [0.25, 0.3) is 14.2 Å².